The maximum atomic E-state index is 12.8. The minimum absolute atomic E-state index is 0.0536. The van der Waals surface area contributed by atoms with Crippen molar-refractivity contribution >= 4 is 28.9 Å². The summed E-state index contributed by atoms with van der Waals surface area (Å²) in [4.78, 5) is 26.5. The normalized spacial score (nSPS) is 10.2. The standard InChI is InChI=1S/C23H23N3O2/c1-2-26(21-11-7-4-8-12-21)23(28)18-13-15-19(16-14-18)24-17-22(27)25-20-9-5-3-6-10-20/h3-16,24H,2,17H2,1H3,(H,25,27). The van der Waals surface area contributed by atoms with Crippen molar-refractivity contribution in [2.24, 2.45) is 0 Å². The summed E-state index contributed by atoms with van der Waals surface area (Å²) in [5, 5.41) is 5.89. The van der Waals surface area contributed by atoms with Gasteiger partial charge in [-0.25, -0.2) is 0 Å². The Morgan fingerprint density at radius 1 is 0.786 bits per heavy atom. The third kappa shape index (κ3) is 4.98. The van der Waals surface area contributed by atoms with Crippen LogP contribution in [0, 0.1) is 0 Å². The van der Waals surface area contributed by atoms with Gasteiger partial charge in [-0.1, -0.05) is 36.4 Å². The van der Waals surface area contributed by atoms with E-state index in [1.165, 1.54) is 0 Å². The molecule has 5 heteroatoms. The first kappa shape index (κ1) is 19.2. The van der Waals surface area contributed by atoms with Gasteiger partial charge in [-0.2, -0.15) is 0 Å². The number of para-hydroxylation sites is 2. The maximum absolute atomic E-state index is 12.8. The van der Waals surface area contributed by atoms with Crippen molar-refractivity contribution in [2.75, 3.05) is 28.6 Å². The Hall–Kier alpha value is -3.60. The van der Waals surface area contributed by atoms with Crippen LogP contribution in [0.1, 0.15) is 17.3 Å². The first-order valence-electron chi connectivity index (χ1n) is 9.23. The summed E-state index contributed by atoms with van der Waals surface area (Å²) in [6, 6.07) is 26.1. The first-order valence-corrected chi connectivity index (χ1v) is 9.23. The Kier molecular flexibility index (Phi) is 6.41. The van der Waals surface area contributed by atoms with Crippen molar-refractivity contribution in [2.45, 2.75) is 6.92 Å². The molecular formula is C23H23N3O2. The molecule has 0 radical (unpaired) electrons. The van der Waals surface area contributed by atoms with Crippen molar-refractivity contribution in [3.8, 4) is 0 Å². The predicted molar refractivity (Wildman–Crippen MR) is 114 cm³/mol. The average Bonchev–Trinajstić information content (AvgIpc) is 2.74. The van der Waals surface area contributed by atoms with Crippen LogP contribution in [0.5, 0.6) is 0 Å². The van der Waals surface area contributed by atoms with Gasteiger partial charge in [-0.3, -0.25) is 9.59 Å². The topological polar surface area (TPSA) is 61.4 Å². The Morgan fingerprint density at radius 3 is 2.00 bits per heavy atom. The van der Waals surface area contributed by atoms with E-state index in [1.54, 1.807) is 17.0 Å². The number of rotatable bonds is 7. The maximum Gasteiger partial charge on any atom is 0.258 e. The van der Waals surface area contributed by atoms with Gasteiger partial charge < -0.3 is 15.5 Å². The highest BCUT2D eigenvalue weighted by atomic mass is 16.2. The minimum Gasteiger partial charge on any atom is -0.376 e. The van der Waals surface area contributed by atoms with Gasteiger partial charge in [0.05, 0.1) is 6.54 Å². The van der Waals surface area contributed by atoms with Gasteiger partial charge in [0, 0.05) is 29.2 Å². The minimum atomic E-state index is -0.132. The molecule has 0 saturated carbocycles. The zero-order valence-corrected chi connectivity index (χ0v) is 15.8. The van der Waals surface area contributed by atoms with E-state index in [0.29, 0.717) is 12.1 Å². The summed E-state index contributed by atoms with van der Waals surface area (Å²) in [6.45, 7) is 2.68. The van der Waals surface area contributed by atoms with Crippen LogP contribution in [0.15, 0.2) is 84.9 Å². The summed E-state index contributed by atoms with van der Waals surface area (Å²) in [6.07, 6.45) is 0. The molecule has 0 unspecified atom stereocenters. The molecule has 0 aliphatic carbocycles. The molecule has 0 aromatic heterocycles. The molecule has 3 aromatic carbocycles. The number of benzene rings is 3. The molecule has 0 atom stereocenters. The number of carbonyl (C=O) groups is 2. The van der Waals surface area contributed by atoms with E-state index in [-0.39, 0.29) is 18.4 Å². The van der Waals surface area contributed by atoms with E-state index in [4.69, 9.17) is 0 Å². The van der Waals surface area contributed by atoms with Gasteiger partial charge in [0.15, 0.2) is 0 Å². The molecule has 3 aromatic rings. The number of hydrogen-bond donors (Lipinski definition) is 2. The largest absolute Gasteiger partial charge is 0.376 e. The summed E-state index contributed by atoms with van der Waals surface area (Å²) in [5.41, 5.74) is 3.01. The van der Waals surface area contributed by atoms with Crippen LogP contribution in [0.4, 0.5) is 17.1 Å². The number of anilines is 3. The molecule has 0 fully saturated rings. The second kappa shape index (κ2) is 9.37. The SMILES string of the molecule is CCN(C(=O)c1ccc(NCC(=O)Nc2ccccc2)cc1)c1ccccc1. The Labute approximate surface area is 165 Å². The molecule has 0 aliphatic heterocycles. The van der Waals surface area contributed by atoms with Crippen LogP contribution in [-0.2, 0) is 4.79 Å². The van der Waals surface area contributed by atoms with Crippen molar-refractivity contribution in [3.05, 3.63) is 90.5 Å². The second-order valence-corrected chi connectivity index (χ2v) is 6.23. The highest BCUT2D eigenvalue weighted by molar-refractivity contribution is 6.06. The lowest BCUT2D eigenvalue weighted by molar-refractivity contribution is -0.114. The lowest BCUT2D eigenvalue weighted by Gasteiger charge is -2.21. The third-order valence-corrected chi connectivity index (χ3v) is 4.27. The highest BCUT2D eigenvalue weighted by Gasteiger charge is 2.15. The number of nitrogens with zero attached hydrogens (tertiary/aromatic N) is 1. The van der Waals surface area contributed by atoms with E-state index in [2.05, 4.69) is 10.6 Å². The molecule has 142 valence electrons. The number of hydrogen-bond acceptors (Lipinski definition) is 3. The third-order valence-electron chi connectivity index (χ3n) is 4.27. The van der Waals surface area contributed by atoms with Gasteiger partial charge in [-0.15, -0.1) is 0 Å². The van der Waals surface area contributed by atoms with Crippen LogP contribution in [0.2, 0.25) is 0 Å². The van der Waals surface area contributed by atoms with Gasteiger partial charge in [0.1, 0.15) is 0 Å². The van der Waals surface area contributed by atoms with Crippen LogP contribution >= 0.6 is 0 Å². The van der Waals surface area contributed by atoms with Crippen molar-refractivity contribution in [1.82, 2.24) is 0 Å². The first-order chi connectivity index (χ1) is 13.7. The van der Waals surface area contributed by atoms with Crippen molar-refractivity contribution in [3.63, 3.8) is 0 Å². The van der Waals surface area contributed by atoms with Gasteiger partial charge >= 0.3 is 0 Å². The lowest BCUT2D eigenvalue weighted by Crippen LogP contribution is -2.30. The zero-order valence-electron chi connectivity index (χ0n) is 15.8. The van der Waals surface area contributed by atoms with Crippen molar-refractivity contribution in [1.29, 1.82) is 0 Å². The molecule has 0 saturated heterocycles. The van der Waals surface area contributed by atoms with Crippen molar-refractivity contribution < 1.29 is 9.59 Å². The summed E-state index contributed by atoms with van der Waals surface area (Å²) in [5.74, 6) is -0.186. The smallest absolute Gasteiger partial charge is 0.258 e. The molecule has 28 heavy (non-hydrogen) atoms. The Balaban J connectivity index is 1.58. The van der Waals surface area contributed by atoms with E-state index in [1.807, 2.05) is 79.7 Å². The van der Waals surface area contributed by atoms with Crippen LogP contribution in [0.25, 0.3) is 0 Å². The summed E-state index contributed by atoms with van der Waals surface area (Å²) < 4.78 is 0. The Bertz CT molecular complexity index is 910. The monoisotopic (exact) mass is 373 g/mol. The average molecular weight is 373 g/mol. The molecule has 0 aliphatic rings. The molecule has 2 amide bonds. The summed E-state index contributed by atoms with van der Waals surface area (Å²) >= 11 is 0. The second-order valence-electron chi connectivity index (χ2n) is 6.23. The van der Waals surface area contributed by atoms with Crippen LogP contribution in [-0.4, -0.2) is 24.9 Å². The van der Waals surface area contributed by atoms with Gasteiger partial charge in [-0.05, 0) is 55.5 Å². The fraction of sp³-hybridized carbons (Fsp3) is 0.130. The summed E-state index contributed by atoms with van der Waals surface area (Å²) in [7, 11) is 0. The van der Waals surface area contributed by atoms with Crippen LogP contribution < -0.4 is 15.5 Å². The number of carbonyl (C=O) groups excluding carboxylic acids is 2. The molecule has 0 bridgehead atoms. The number of amides is 2. The molecular weight excluding hydrogens is 350 g/mol. The molecule has 3 rings (SSSR count). The van der Waals surface area contributed by atoms with Gasteiger partial charge in [0.25, 0.3) is 5.91 Å². The van der Waals surface area contributed by atoms with Gasteiger partial charge in [0.2, 0.25) is 5.91 Å². The van der Waals surface area contributed by atoms with E-state index in [9.17, 15) is 9.59 Å². The quantitative estimate of drug-likeness (QED) is 0.645. The molecule has 2 N–H and O–H groups in total. The highest BCUT2D eigenvalue weighted by Crippen LogP contribution is 2.18. The van der Waals surface area contributed by atoms with E-state index in [0.717, 1.165) is 17.1 Å². The zero-order chi connectivity index (χ0) is 19.8. The molecule has 5 nitrogen and oxygen atoms in total. The van der Waals surface area contributed by atoms with E-state index < -0.39 is 0 Å². The molecule has 0 heterocycles. The lowest BCUT2D eigenvalue weighted by atomic mass is 10.1. The van der Waals surface area contributed by atoms with Crippen LogP contribution in [0.3, 0.4) is 0 Å². The fourth-order valence-electron chi connectivity index (χ4n) is 2.85. The molecule has 0 spiro atoms. The predicted octanol–water partition coefficient (Wildman–Crippen LogP) is 4.40. The Morgan fingerprint density at radius 2 is 1.39 bits per heavy atom. The fourth-order valence-corrected chi connectivity index (χ4v) is 2.85. The van der Waals surface area contributed by atoms with E-state index >= 15 is 0 Å². The number of nitrogens with one attached hydrogen (secondary N) is 2.